The Hall–Kier alpha value is -2.29. The number of rotatable bonds is 5. The average Bonchev–Trinajstić information content (AvgIpc) is 3.14. The van der Waals surface area contributed by atoms with E-state index in [-0.39, 0.29) is 11.4 Å². The van der Waals surface area contributed by atoms with Crippen molar-refractivity contribution >= 4 is 29.2 Å². The normalized spacial score (nSPS) is 14.5. The number of hydrogen-bond donors (Lipinski definition) is 1. The summed E-state index contributed by atoms with van der Waals surface area (Å²) < 4.78 is 38.9. The van der Waals surface area contributed by atoms with Crippen LogP contribution in [0.3, 0.4) is 0 Å². The molecular formula is C17H17F3N4OS. The Balaban J connectivity index is 1.61. The first kappa shape index (κ1) is 18.5. The fourth-order valence-electron chi connectivity index (χ4n) is 2.69. The lowest BCUT2D eigenvalue weighted by atomic mass is 10.1. The minimum Gasteiger partial charge on any atom is -0.356 e. The molecule has 0 spiro atoms. The molecule has 0 aliphatic carbocycles. The molecule has 9 heteroatoms. The van der Waals surface area contributed by atoms with E-state index in [0.717, 1.165) is 49.6 Å². The van der Waals surface area contributed by atoms with Crippen LogP contribution in [0.1, 0.15) is 18.4 Å². The highest BCUT2D eigenvalue weighted by molar-refractivity contribution is 7.99. The number of thioether (sulfide) groups is 1. The van der Waals surface area contributed by atoms with Crippen LogP contribution in [0.5, 0.6) is 0 Å². The van der Waals surface area contributed by atoms with Crippen LogP contribution in [-0.4, -0.2) is 34.7 Å². The lowest BCUT2D eigenvalue weighted by Gasteiger charge is -2.16. The van der Waals surface area contributed by atoms with E-state index in [1.807, 2.05) is 0 Å². The number of halogens is 3. The largest absolute Gasteiger partial charge is 0.418 e. The van der Waals surface area contributed by atoms with E-state index in [1.165, 1.54) is 24.5 Å². The molecule has 3 rings (SSSR count). The standard InChI is InChI=1S/C17H17F3N4OS/c18-17(19,20)12-5-1-2-6-13(12)23-15(25)10-26-16-9-14(21-11-22-16)24-7-3-4-8-24/h1-2,5-6,9,11H,3-4,7-8,10H2,(H,23,25). The lowest BCUT2D eigenvalue weighted by Crippen LogP contribution is -2.19. The first-order chi connectivity index (χ1) is 12.4. The number of anilines is 2. The van der Waals surface area contributed by atoms with Crippen molar-refractivity contribution in [3.05, 3.63) is 42.2 Å². The smallest absolute Gasteiger partial charge is 0.356 e. The molecule has 1 amide bonds. The van der Waals surface area contributed by atoms with Crippen LogP contribution in [0.25, 0.3) is 0 Å². The Morgan fingerprint density at radius 2 is 1.92 bits per heavy atom. The molecule has 26 heavy (non-hydrogen) atoms. The van der Waals surface area contributed by atoms with E-state index >= 15 is 0 Å². The van der Waals surface area contributed by atoms with Gasteiger partial charge in [-0.1, -0.05) is 23.9 Å². The number of aromatic nitrogens is 2. The number of carbonyl (C=O) groups is 1. The number of carbonyl (C=O) groups excluding carboxylic acids is 1. The molecule has 0 radical (unpaired) electrons. The predicted octanol–water partition coefficient (Wildman–Crippen LogP) is 3.83. The monoisotopic (exact) mass is 382 g/mol. The Labute approximate surface area is 153 Å². The minimum atomic E-state index is -4.52. The van der Waals surface area contributed by atoms with Gasteiger partial charge in [-0.25, -0.2) is 9.97 Å². The van der Waals surface area contributed by atoms with Gasteiger partial charge in [0, 0.05) is 19.2 Å². The van der Waals surface area contributed by atoms with Crippen molar-refractivity contribution < 1.29 is 18.0 Å². The fourth-order valence-corrected chi connectivity index (χ4v) is 3.35. The molecule has 0 saturated carbocycles. The number of nitrogens with zero attached hydrogens (tertiary/aromatic N) is 3. The van der Waals surface area contributed by atoms with Gasteiger partial charge in [0.05, 0.1) is 17.0 Å². The molecule has 1 N–H and O–H groups in total. The van der Waals surface area contributed by atoms with Gasteiger partial charge in [0.15, 0.2) is 0 Å². The highest BCUT2D eigenvalue weighted by atomic mass is 32.2. The summed E-state index contributed by atoms with van der Waals surface area (Å²) >= 11 is 1.16. The first-order valence-corrected chi connectivity index (χ1v) is 9.08. The molecule has 5 nitrogen and oxygen atoms in total. The molecule has 1 aromatic heterocycles. The highest BCUT2D eigenvalue weighted by Gasteiger charge is 2.33. The second kappa shape index (κ2) is 7.94. The van der Waals surface area contributed by atoms with Gasteiger partial charge in [0.1, 0.15) is 17.2 Å². The third kappa shape index (κ3) is 4.66. The van der Waals surface area contributed by atoms with E-state index in [0.29, 0.717) is 5.03 Å². The second-order valence-corrected chi connectivity index (χ2v) is 6.78. The lowest BCUT2D eigenvalue weighted by molar-refractivity contribution is -0.137. The zero-order chi connectivity index (χ0) is 18.6. The summed E-state index contributed by atoms with van der Waals surface area (Å²) in [5, 5.41) is 2.94. The number of nitrogens with one attached hydrogen (secondary N) is 1. The molecule has 0 bridgehead atoms. The molecule has 1 aliphatic rings. The third-order valence-electron chi connectivity index (χ3n) is 3.92. The van der Waals surface area contributed by atoms with Gasteiger partial charge >= 0.3 is 6.18 Å². The number of para-hydroxylation sites is 1. The summed E-state index contributed by atoms with van der Waals surface area (Å²) in [6, 6.07) is 6.71. The predicted molar refractivity (Wildman–Crippen MR) is 94.3 cm³/mol. The Morgan fingerprint density at radius 1 is 1.19 bits per heavy atom. The van der Waals surface area contributed by atoms with E-state index < -0.39 is 17.6 Å². The second-order valence-electron chi connectivity index (χ2n) is 5.79. The molecular weight excluding hydrogens is 365 g/mol. The van der Waals surface area contributed by atoms with Gasteiger partial charge in [0.2, 0.25) is 5.91 Å². The van der Waals surface area contributed by atoms with Crippen LogP contribution in [-0.2, 0) is 11.0 Å². The Morgan fingerprint density at radius 3 is 2.65 bits per heavy atom. The molecule has 0 unspecified atom stereocenters. The van der Waals surface area contributed by atoms with Gasteiger partial charge in [-0.2, -0.15) is 13.2 Å². The number of hydrogen-bond acceptors (Lipinski definition) is 5. The van der Waals surface area contributed by atoms with Crippen molar-refractivity contribution in [2.45, 2.75) is 24.0 Å². The molecule has 0 atom stereocenters. The molecule has 138 valence electrons. The molecule has 1 aliphatic heterocycles. The van der Waals surface area contributed by atoms with Crippen molar-refractivity contribution in [1.82, 2.24) is 9.97 Å². The van der Waals surface area contributed by atoms with E-state index in [9.17, 15) is 18.0 Å². The summed E-state index contributed by atoms with van der Waals surface area (Å²) in [7, 11) is 0. The maximum absolute atomic E-state index is 13.0. The van der Waals surface area contributed by atoms with Crippen molar-refractivity contribution in [2.24, 2.45) is 0 Å². The van der Waals surface area contributed by atoms with Crippen LogP contribution in [0.4, 0.5) is 24.7 Å². The van der Waals surface area contributed by atoms with Crippen molar-refractivity contribution in [1.29, 1.82) is 0 Å². The molecule has 1 fully saturated rings. The minimum absolute atomic E-state index is 0.0390. The summed E-state index contributed by atoms with van der Waals surface area (Å²) in [4.78, 5) is 22.5. The van der Waals surface area contributed by atoms with Gasteiger partial charge in [-0.15, -0.1) is 0 Å². The highest BCUT2D eigenvalue weighted by Crippen LogP contribution is 2.34. The van der Waals surface area contributed by atoms with Crippen LogP contribution >= 0.6 is 11.8 Å². The van der Waals surface area contributed by atoms with Crippen molar-refractivity contribution in [2.75, 3.05) is 29.1 Å². The van der Waals surface area contributed by atoms with E-state index in [2.05, 4.69) is 20.2 Å². The third-order valence-corrected chi connectivity index (χ3v) is 4.84. The van der Waals surface area contributed by atoms with E-state index in [4.69, 9.17) is 0 Å². The SMILES string of the molecule is O=C(CSc1cc(N2CCCC2)ncn1)Nc1ccccc1C(F)(F)F. The van der Waals surface area contributed by atoms with Gasteiger partial charge < -0.3 is 10.2 Å². The van der Waals surface area contributed by atoms with E-state index in [1.54, 1.807) is 6.07 Å². The number of alkyl halides is 3. The van der Waals surface area contributed by atoms with Gasteiger partial charge in [-0.05, 0) is 25.0 Å². The maximum Gasteiger partial charge on any atom is 0.418 e. The molecule has 2 heterocycles. The van der Waals surface area contributed by atoms with Crippen LogP contribution in [0, 0.1) is 0 Å². The quantitative estimate of drug-likeness (QED) is 0.629. The summed E-state index contributed by atoms with van der Waals surface area (Å²) in [5.74, 6) is 0.249. The average molecular weight is 382 g/mol. The zero-order valence-corrected chi connectivity index (χ0v) is 14.6. The van der Waals surface area contributed by atoms with Crippen LogP contribution in [0.2, 0.25) is 0 Å². The van der Waals surface area contributed by atoms with Crippen LogP contribution < -0.4 is 10.2 Å². The first-order valence-electron chi connectivity index (χ1n) is 8.09. The van der Waals surface area contributed by atoms with Crippen molar-refractivity contribution in [3.63, 3.8) is 0 Å². The van der Waals surface area contributed by atoms with Gasteiger partial charge in [-0.3, -0.25) is 4.79 Å². The number of amides is 1. The Bertz CT molecular complexity index is 779. The topological polar surface area (TPSA) is 58.1 Å². The molecule has 1 saturated heterocycles. The fraction of sp³-hybridized carbons (Fsp3) is 0.353. The summed E-state index contributed by atoms with van der Waals surface area (Å²) in [5.41, 5.74) is -1.11. The zero-order valence-electron chi connectivity index (χ0n) is 13.8. The molecule has 2 aromatic rings. The number of benzene rings is 1. The molecule has 1 aromatic carbocycles. The van der Waals surface area contributed by atoms with Crippen molar-refractivity contribution in [3.8, 4) is 0 Å². The Kier molecular flexibility index (Phi) is 5.65. The van der Waals surface area contributed by atoms with Gasteiger partial charge in [0.25, 0.3) is 0 Å². The summed E-state index contributed by atoms with van der Waals surface area (Å²) in [6.45, 7) is 1.88. The summed E-state index contributed by atoms with van der Waals surface area (Å²) in [6.07, 6.45) is -0.845. The maximum atomic E-state index is 13.0. The van der Waals surface area contributed by atoms with Crippen LogP contribution in [0.15, 0.2) is 41.7 Å².